The van der Waals surface area contributed by atoms with Crippen LogP contribution in [0.1, 0.15) is 42.9 Å². The SMILES string of the molecule is CCCCCc1ccc2c(c1)CCc1cc(OC(F)(F)F)ccc1-2. The summed E-state index contributed by atoms with van der Waals surface area (Å²) in [6.45, 7) is 2.19. The van der Waals surface area contributed by atoms with E-state index in [0.717, 1.165) is 36.0 Å². The van der Waals surface area contributed by atoms with Crippen LogP contribution < -0.4 is 4.74 Å². The van der Waals surface area contributed by atoms with Crippen molar-refractivity contribution in [2.75, 3.05) is 0 Å². The van der Waals surface area contributed by atoms with Gasteiger partial charge in [-0.1, -0.05) is 44.0 Å². The van der Waals surface area contributed by atoms with Crippen LogP contribution in [0.2, 0.25) is 0 Å². The molecule has 0 amide bonds. The Hall–Kier alpha value is -1.97. The summed E-state index contributed by atoms with van der Waals surface area (Å²) in [5.74, 6) is -0.138. The normalized spacial score (nSPS) is 13.3. The Morgan fingerprint density at radius 1 is 0.917 bits per heavy atom. The van der Waals surface area contributed by atoms with E-state index < -0.39 is 6.36 Å². The number of fused-ring (bicyclic) bond motifs is 3. The quantitative estimate of drug-likeness (QED) is 0.602. The minimum atomic E-state index is -4.64. The maximum absolute atomic E-state index is 12.4. The van der Waals surface area contributed by atoms with Gasteiger partial charge in [0.1, 0.15) is 5.75 Å². The van der Waals surface area contributed by atoms with Crippen molar-refractivity contribution in [1.82, 2.24) is 0 Å². The first-order chi connectivity index (χ1) is 11.5. The van der Waals surface area contributed by atoms with Gasteiger partial charge in [0, 0.05) is 0 Å². The predicted molar refractivity (Wildman–Crippen MR) is 89.2 cm³/mol. The number of hydrogen-bond donors (Lipinski definition) is 0. The minimum absolute atomic E-state index is 0.138. The van der Waals surface area contributed by atoms with Gasteiger partial charge in [-0.25, -0.2) is 0 Å². The lowest BCUT2D eigenvalue weighted by Crippen LogP contribution is -2.17. The Morgan fingerprint density at radius 2 is 1.58 bits per heavy atom. The van der Waals surface area contributed by atoms with E-state index in [1.165, 1.54) is 42.5 Å². The second-order valence-electron chi connectivity index (χ2n) is 6.32. The Kier molecular flexibility index (Phi) is 4.83. The number of aryl methyl sites for hydroxylation is 3. The first-order valence-electron chi connectivity index (χ1n) is 8.47. The van der Waals surface area contributed by atoms with E-state index in [4.69, 9.17) is 0 Å². The summed E-state index contributed by atoms with van der Waals surface area (Å²) >= 11 is 0. The van der Waals surface area contributed by atoms with Crippen LogP contribution in [-0.2, 0) is 19.3 Å². The Balaban J connectivity index is 1.83. The first-order valence-corrected chi connectivity index (χ1v) is 8.47. The highest BCUT2D eigenvalue weighted by molar-refractivity contribution is 5.74. The number of unbranched alkanes of at least 4 members (excludes halogenated alkanes) is 2. The monoisotopic (exact) mass is 334 g/mol. The van der Waals surface area contributed by atoms with E-state index in [0.29, 0.717) is 0 Å². The number of hydrogen-bond acceptors (Lipinski definition) is 1. The molecule has 128 valence electrons. The molecule has 1 aliphatic carbocycles. The van der Waals surface area contributed by atoms with Gasteiger partial charge in [0.15, 0.2) is 0 Å². The van der Waals surface area contributed by atoms with E-state index in [9.17, 15) is 13.2 Å². The molecule has 1 aliphatic rings. The van der Waals surface area contributed by atoms with Gasteiger partial charge >= 0.3 is 6.36 Å². The van der Waals surface area contributed by atoms with E-state index in [1.54, 1.807) is 6.07 Å². The lowest BCUT2D eigenvalue weighted by molar-refractivity contribution is -0.274. The second-order valence-corrected chi connectivity index (χ2v) is 6.32. The van der Waals surface area contributed by atoms with Crippen molar-refractivity contribution in [1.29, 1.82) is 0 Å². The first kappa shape index (κ1) is 16.9. The molecular weight excluding hydrogens is 313 g/mol. The number of rotatable bonds is 5. The zero-order chi connectivity index (χ0) is 17.2. The van der Waals surface area contributed by atoms with Gasteiger partial charge in [0.25, 0.3) is 0 Å². The smallest absolute Gasteiger partial charge is 0.406 e. The molecule has 0 bridgehead atoms. The molecule has 0 atom stereocenters. The molecule has 0 aliphatic heterocycles. The molecule has 0 heterocycles. The maximum atomic E-state index is 12.4. The highest BCUT2D eigenvalue weighted by Gasteiger charge is 2.31. The Bertz CT molecular complexity index is 719. The van der Waals surface area contributed by atoms with E-state index in [2.05, 4.69) is 29.9 Å². The van der Waals surface area contributed by atoms with Crippen LogP contribution in [0, 0.1) is 0 Å². The number of halogens is 3. The maximum Gasteiger partial charge on any atom is 0.573 e. The largest absolute Gasteiger partial charge is 0.573 e. The summed E-state index contributed by atoms with van der Waals surface area (Å²) in [5.41, 5.74) is 5.71. The molecule has 2 aromatic rings. The Labute approximate surface area is 140 Å². The molecule has 24 heavy (non-hydrogen) atoms. The average Bonchev–Trinajstić information content (AvgIpc) is 2.53. The number of alkyl halides is 3. The van der Waals surface area contributed by atoms with E-state index in [-0.39, 0.29) is 5.75 Å². The van der Waals surface area contributed by atoms with Crippen molar-refractivity contribution in [2.45, 2.75) is 51.8 Å². The molecule has 0 fully saturated rings. The molecule has 0 unspecified atom stereocenters. The summed E-state index contributed by atoms with van der Waals surface area (Å²) in [4.78, 5) is 0. The molecule has 0 saturated heterocycles. The molecular formula is C20H21F3O. The fraction of sp³-hybridized carbons (Fsp3) is 0.400. The number of benzene rings is 2. The fourth-order valence-electron chi connectivity index (χ4n) is 3.36. The van der Waals surface area contributed by atoms with E-state index in [1.807, 2.05) is 0 Å². The molecule has 0 spiro atoms. The van der Waals surface area contributed by atoms with Crippen LogP contribution in [0.15, 0.2) is 36.4 Å². The van der Waals surface area contributed by atoms with Crippen LogP contribution >= 0.6 is 0 Å². The average molecular weight is 334 g/mol. The standard InChI is InChI=1S/C20H21F3O/c1-2-3-4-5-14-6-10-18-15(12-14)7-8-16-13-17(9-11-19(16)18)24-20(21,22)23/h6,9-13H,2-5,7-8H2,1H3. The Morgan fingerprint density at radius 3 is 2.25 bits per heavy atom. The molecule has 3 rings (SSSR count). The number of ether oxygens (including phenoxy) is 1. The van der Waals surface area contributed by atoms with Crippen molar-refractivity contribution in [3.05, 3.63) is 53.1 Å². The molecule has 0 N–H and O–H groups in total. The lowest BCUT2D eigenvalue weighted by Gasteiger charge is -2.22. The van der Waals surface area contributed by atoms with Crippen molar-refractivity contribution < 1.29 is 17.9 Å². The third-order valence-corrected chi connectivity index (χ3v) is 4.50. The second kappa shape index (κ2) is 6.88. The zero-order valence-electron chi connectivity index (χ0n) is 13.7. The summed E-state index contributed by atoms with van der Waals surface area (Å²) in [6.07, 6.45) is 1.70. The highest BCUT2D eigenvalue weighted by atomic mass is 19.4. The van der Waals surface area contributed by atoms with Crippen LogP contribution in [0.3, 0.4) is 0 Å². The van der Waals surface area contributed by atoms with Gasteiger partial charge in [0.2, 0.25) is 0 Å². The summed E-state index contributed by atoms with van der Waals surface area (Å²) in [7, 11) is 0. The molecule has 2 aromatic carbocycles. The van der Waals surface area contributed by atoms with Crippen molar-refractivity contribution >= 4 is 0 Å². The third-order valence-electron chi connectivity index (χ3n) is 4.50. The van der Waals surface area contributed by atoms with Crippen LogP contribution in [-0.4, -0.2) is 6.36 Å². The topological polar surface area (TPSA) is 9.23 Å². The summed E-state index contributed by atoms with van der Waals surface area (Å²) < 4.78 is 41.1. The highest BCUT2D eigenvalue weighted by Crippen LogP contribution is 2.37. The van der Waals surface area contributed by atoms with Crippen LogP contribution in [0.25, 0.3) is 11.1 Å². The van der Waals surface area contributed by atoms with Crippen molar-refractivity contribution in [3.63, 3.8) is 0 Å². The van der Waals surface area contributed by atoms with Gasteiger partial charge in [-0.15, -0.1) is 13.2 Å². The van der Waals surface area contributed by atoms with Crippen LogP contribution in [0.4, 0.5) is 13.2 Å². The predicted octanol–water partition coefficient (Wildman–Crippen LogP) is 6.08. The van der Waals surface area contributed by atoms with Gasteiger partial charge in [0.05, 0.1) is 0 Å². The van der Waals surface area contributed by atoms with Gasteiger partial charge in [-0.3, -0.25) is 0 Å². The lowest BCUT2D eigenvalue weighted by atomic mass is 9.84. The molecule has 4 heteroatoms. The fourth-order valence-corrected chi connectivity index (χ4v) is 3.36. The van der Waals surface area contributed by atoms with Gasteiger partial charge in [-0.05, 0) is 65.6 Å². The van der Waals surface area contributed by atoms with Gasteiger partial charge in [-0.2, -0.15) is 0 Å². The van der Waals surface area contributed by atoms with Crippen molar-refractivity contribution in [2.24, 2.45) is 0 Å². The molecule has 0 aromatic heterocycles. The van der Waals surface area contributed by atoms with E-state index >= 15 is 0 Å². The third kappa shape index (κ3) is 3.92. The summed E-state index contributed by atoms with van der Waals surface area (Å²) in [6, 6.07) is 11.2. The molecule has 0 radical (unpaired) electrons. The van der Waals surface area contributed by atoms with Crippen molar-refractivity contribution in [3.8, 4) is 16.9 Å². The zero-order valence-corrected chi connectivity index (χ0v) is 13.7. The van der Waals surface area contributed by atoms with Crippen LogP contribution in [0.5, 0.6) is 5.75 Å². The molecule has 1 nitrogen and oxygen atoms in total. The summed E-state index contributed by atoms with van der Waals surface area (Å²) in [5, 5.41) is 0. The minimum Gasteiger partial charge on any atom is -0.406 e. The molecule has 0 saturated carbocycles. The van der Waals surface area contributed by atoms with Gasteiger partial charge < -0.3 is 4.74 Å².